The molecule has 0 aliphatic heterocycles. The van der Waals surface area contributed by atoms with Gasteiger partial charge in [-0.25, -0.2) is 0 Å². The first-order chi connectivity index (χ1) is 22.3. The van der Waals surface area contributed by atoms with Gasteiger partial charge in [0.15, 0.2) is 0 Å². The van der Waals surface area contributed by atoms with Crippen LogP contribution in [0.2, 0.25) is 0 Å². The second-order valence-electron chi connectivity index (χ2n) is 13.5. The first-order valence-corrected chi connectivity index (χ1v) is 19.6. The Bertz CT molecular complexity index is 877. The van der Waals surface area contributed by atoms with Crippen LogP contribution in [0.3, 0.4) is 0 Å². The average molecular weight is 618 g/mol. The van der Waals surface area contributed by atoms with Gasteiger partial charge >= 0.3 is 0 Å². The Morgan fingerprint density at radius 3 is 1.02 bits per heavy atom. The molecule has 0 saturated heterocycles. The number of benzene rings is 2. The molecule has 0 heterocycles. The Balaban J connectivity index is 1.66. The summed E-state index contributed by atoms with van der Waals surface area (Å²) in [6, 6.07) is 18.8. The maximum atomic E-state index is 4.46. The molecule has 0 atom stereocenters. The molecule has 0 spiro atoms. The summed E-state index contributed by atoms with van der Waals surface area (Å²) in [7, 11) is 0. The van der Waals surface area contributed by atoms with Crippen molar-refractivity contribution in [3.63, 3.8) is 0 Å². The van der Waals surface area contributed by atoms with Gasteiger partial charge in [0, 0.05) is 18.8 Å². The molecule has 0 aliphatic rings. The van der Waals surface area contributed by atoms with Crippen LogP contribution in [0.25, 0.3) is 0 Å². The van der Waals surface area contributed by atoms with E-state index in [4.69, 9.17) is 0 Å². The lowest BCUT2D eigenvalue weighted by Crippen LogP contribution is -2.25. The molecule has 0 amide bonds. The highest BCUT2D eigenvalue weighted by molar-refractivity contribution is 5.53. The third kappa shape index (κ3) is 22.1. The van der Waals surface area contributed by atoms with E-state index in [1.54, 1.807) is 0 Å². The monoisotopic (exact) mass is 618 g/mol. The van der Waals surface area contributed by atoms with E-state index in [0.717, 1.165) is 11.4 Å². The minimum absolute atomic E-state index is 0.896. The van der Waals surface area contributed by atoms with Gasteiger partial charge in [0.2, 0.25) is 0 Å². The normalized spacial score (nSPS) is 11.5. The number of azo groups is 1. The molecule has 0 fully saturated rings. The number of anilines is 1. The molecule has 254 valence electrons. The fraction of sp³-hybridized carbons (Fsp3) is 0.714. The summed E-state index contributed by atoms with van der Waals surface area (Å²) in [6.45, 7) is 6.94. The van der Waals surface area contributed by atoms with Crippen molar-refractivity contribution in [2.24, 2.45) is 10.2 Å². The van der Waals surface area contributed by atoms with Crippen molar-refractivity contribution in [2.45, 2.75) is 181 Å². The number of unbranched alkanes of at least 4 members (excludes halogenated alkanes) is 24. The predicted octanol–water partition coefficient (Wildman–Crippen LogP) is 15.1. The van der Waals surface area contributed by atoms with Crippen LogP contribution in [0.1, 0.15) is 181 Å². The number of hydrogen-bond donors (Lipinski definition) is 0. The third-order valence-electron chi connectivity index (χ3n) is 9.32. The van der Waals surface area contributed by atoms with E-state index in [-0.39, 0.29) is 0 Å². The number of nitrogens with zero attached hydrogens (tertiary/aromatic N) is 3. The van der Waals surface area contributed by atoms with Crippen LogP contribution < -0.4 is 4.90 Å². The Morgan fingerprint density at radius 2 is 0.667 bits per heavy atom. The molecule has 0 bridgehead atoms. The topological polar surface area (TPSA) is 28.0 Å². The van der Waals surface area contributed by atoms with Crippen molar-refractivity contribution in [3.8, 4) is 0 Å². The standard InChI is InChI=1S/C42H71N3/c1-3-5-7-9-11-13-15-17-19-21-23-25-30-38-45(39-31-26-24-22-20-18-16-14-12-10-8-6-4-2)42-36-34-41(35-37-42)44-43-40-32-28-27-29-33-40/h27-29,32-37H,3-26,30-31,38-39H2,1-2H3. The van der Waals surface area contributed by atoms with Crippen LogP contribution in [0.4, 0.5) is 17.1 Å². The second-order valence-corrected chi connectivity index (χ2v) is 13.5. The summed E-state index contributed by atoms with van der Waals surface area (Å²) in [5.74, 6) is 0. The van der Waals surface area contributed by atoms with Crippen molar-refractivity contribution in [1.82, 2.24) is 0 Å². The van der Waals surface area contributed by atoms with E-state index in [0.29, 0.717) is 0 Å². The molecule has 2 aromatic rings. The smallest absolute Gasteiger partial charge is 0.0858 e. The van der Waals surface area contributed by atoms with Gasteiger partial charge < -0.3 is 4.90 Å². The zero-order valence-corrected chi connectivity index (χ0v) is 29.8. The maximum absolute atomic E-state index is 4.46. The predicted molar refractivity (Wildman–Crippen MR) is 201 cm³/mol. The zero-order chi connectivity index (χ0) is 31.9. The summed E-state index contributed by atoms with van der Waals surface area (Å²) < 4.78 is 0. The van der Waals surface area contributed by atoms with Crippen molar-refractivity contribution >= 4 is 17.1 Å². The van der Waals surface area contributed by atoms with Crippen molar-refractivity contribution < 1.29 is 0 Å². The van der Waals surface area contributed by atoms with Gasteiger partial charge in [0.1, 0.15) is 0 Å². The lowest BCUT2D eigenvalue weighted by molar-refractivity contribution is 0.531. The fourth-order valence-electron chi connectivity index (χ4n) is 6.35. The first kappa shape index (κ1) is 39.0. The SMILES string of the molecule is CCCCCCCCCCCCCCCN(CCCCCCCCCCCCCCC)c1ccc(N=Nc2ccccc2)cc1. The van der Waals surface area contributed by atoms with Gasteiger partial charge in [-0.2, -0.15) is 10.2 Å². The summed E-state index contributed by atoms with van der Waals surface area (Å²) in [5, 5.41) is 8.86. The molecule has 0 aliphatic carbocycles. The maximum Gasteiger partial charge on any atom is 0.0858 e. The molecular formula is C42H71N3. The highest BCUT2D eigenvalue weighted by Crippen LogP contribution is 2.24. The van der Waals surface area contributed by atoms with Gasteiger partial charge in [-0.05, 0) is 49.2 Å². The van der Waals surface area contributed by atoms with Crippen LogP contribution in [0.5, 0.6) is 0 Å². The quantitative estimate of drug-likeness (QED) is 0.0611. The number of rotatable bonds is 31. The minimum atomic E-state index is 0.896. The van der Waals surface area contributed by atoms with E-state index in [1.807, 2.05) is 30.3 Å². The van der Waals surface area contributed by atoms with Gasteiger partial charge in [0.05, 0.1) is 11.4 Å². The summed E-state index contributed by atoms with van der Waals surface area (Å²) in [6.07, 6.45) is 36.7. The van der Waals surface area contributed by atoms with Gasteiger partial charge in [-0.15, -0.1) is 0 Å². The van der Waals surface area contributed by atoms with E-state index in [2.05, 4.69) is 53.2 Å². The summed E-state index contributed by atoms with van der Waals surface area (Å²) >= 11 is 0. The third-order valence-corrected chi connectivity index (χ3v) is 9.32. The largest absolute Gasteiger partial charge is 0.372 e. The molecule has 0 saturated carbocycles. The molecule has 2 aromatic carbocycles. The van der Waals surface area contributed by atoms with Crippen LogP contribution in [-0.4, -0.2) is 13.1 Å². The van der Waals surface area contributed by atoms with Gasteiger partial charge in [-0.3, -0.25) is 0 Å². The molecule has 3 nitrogen and oxygen atoms in total. The van der Waals surface area contributed by atoms with E-state index in [1.165, 1.54) is 186 Å². The molecule has 0 unspecified atom stereocenters. The molecule has 45 heavy (non-hydrogen) atoms. The highest BCUT2D eigenvalue weighted by atomic mass is 15.1. The Kier molecular flexibility index (Phi) is 25.4. The van der Waals surface area contributed by atoms with Gasteiger partial charge in [-0.1, -0.05) is 186 Å². The van der Waals surface area contributed by atoms with E-state index in [9.17, 15) is 0 Å². The van der Waals surface area contributed by atoms with E-state index >= 15 is 0 Å². The minimum Gasteiger partial charge on any atom is -0.372 e. The van der Waals surface area contributed by atoms with Crippen molar-refractivity contribution in [1.29, 1.82) is 0 Å². The Morgan fingerprint density at radius 1 is 0.356 bits per heavy atom. The number of hydrogen-bond acceptors (Lipinski definition) is 3. The molecule has 3 heteroatoms. The van der Waals surface area contributed by atoms with Gasteiger partial charge in [0.25, 0.3) is 0 Å². The van der Waals surface area contributed by atoms with Crippen molar-refractivity contribution in [3.05, 3.63) is 54.6 Å². The van der Waals surface area contributed by atoms with Crippen LogP contribution in [0.15, 0.2) is 64.8 Å². The highest BCUT2D eigenvalue weighted by Gasteiger charge is 2.07. The first-order valence-electron chi connectivity index (χ1n) is 19.6. The Labute approximate surface area is 280 Å². The molecule has 2 rings (SSSR count). The van der Waals surface area contributed by atoms with Crippen LogP contribution in [-0.2, 0) is 0 Å². The van der Waals surface area contributed by atoms with Crippen LogP contribution >= 0.6 is 0 Å². The summed E-state index contributed by atoms with van der Waals surface area (Å²) in [4.78, 5) is 2.63. The second kappa shape index (κ2) is 29.3. The van der Waals surface area contributed by atoms with Crippen LogP contribution in [0, 0.1) is 0 Å². The lowest BCUT2D eigenvalue weighted by atomic mass is 10.0. The zero-order valence-electron chi connectivity index (χ0n) is 29.8. The molecule has 0 aromatic heterocycles. The summed E-state index contributed by atoms with van der Waals surface area (Å²) in [5.41, 5.74) is 3.16. The molecular weight excluding hydrogens is 546 g/mol. The van der Waals surface area contributed by atoms with Crippen molar-refractivity contribution in [2.75, 3.05) is 18.0 Å². The Hall–Kier alpha value is -2.16. The molecule has 0 radical (unpaired) electrons. The fourth-order valence-corrected chi connectivity index (χ4v) is 6.35. The molecule has 0 N–H and O–H groups in total. The lowest BCUT2D eigenvalue weighted by Gasteiger charge is -2.25. The average Bonchev–Trinajstić information content (AvgIpc) is 3.07. The van der Waals surface area contributed by atoms with E-state index < -0.39 is 0 Å².